The van der Waals surface area contributed by atoms with Gasteiger partial charge in [0.1, 0.15) is 0 Å². The van der Waals surface area contributed by atoms with Crippen molar-refractivity contribution in [1.82, 2.24) is 19.5 Å². The van der Waals surface area contributed by atoms with E-state index >= 15 is 0 Å². The Kier molecular flexibility index (Phi) is 14.2. The van der Waals surface area contributed by atoms with Crippen molar-refractivity contribution in [1.29, 1.82) is 0 Å². The summed E-state index contributed by atoms with van der Waals surface area (Å²) >= 11 is -1.86. The van der Waals surface area contributed by atoms with Crippen molar-refractivity contribution in [3.63, 3.8) is 0 Å². The maximum Gasteiger partial charge on any atom is 0.0774 e. The van der Waals surface area contributed by atoms with Crippen LogP contribution in [0.5, 0.6) is 0 Å². The molecule has 4 aromatic heterocycles. The van der Waals surface area contributed by atoms with Gasteiger partial charge in [0.05, 0.1) is 16.9 Å². The van der Waals surface area contributed by atoms with Gasteiger partial charge in [-0.05, 0) is 81.6 Å². The van der Waals surface area contributed by atoms with Crippen LogP contribution < -0.4 is 4.40 Å². The molecule has 9 aromatic rings. The summed E-state index contributed by atoms with van der Waals surface area (Å²) in [7, 11) is 0. The molecule has 5 nitrogen and oxygen atoms in total. The van der Waals surface area contributed by atoms with Crippen LogP contribution in [-0.2, 0) is 26.5 Å². The number of pyridine rings is 2. The second-order valence-corrected chi connectivity index (χ2v) is 28.9. The molecule has 63 heavy (non-hydrogen) atoms. The van der Waals surface area contributed by atoms with Crippen molar-refractivity contribution in [3.05, 3.63) is 175 Å². The van der Waals surface area contributed by atoms with E-state index in [0.29, 0.717) is 17.8 Å². The topological polar surface area (TPSA) is 56.7 Å². The van der Waals surface area contributed by atoms with E-state index < -0.39 is 13.3 Å². The van der Waals surface area contributed by atoms with Gasteiger partial charge in [0.2, 0.25) is 0 Å². The van der Waals surface area contributed by atoms with E-state index in [9.17, 15) is 0 Å². The van der Waals surface area contributed by atoms with Gasteiger partial charge in [0, 0.05) is 50.0 Å². The van der Waals surface area contributed by atoms with Crippen LogP contribution >= 0.6 is 0 Å². The van der Waals surface area contributed by atoms with Crippen molar-refractivity contribution < 1.29 is 24.5 Å². The summed E-state index contributed by atoms with van der Waals surface area (Å²) in [4.78, 5) is 14.1. The molecule has 0 atom stereocenters. The molecule has 0 spiro atoms. The van der Waals surface area contributed by atoms with Gasteiger partial charge in [-0.2, -0.15) is 0 Å². The van der Waals surface area contributed by atoms with Crippen molar-refractivity contribution in [2.45, 2.75) is 77.1 Å². The first kappa shape index (κ1) is 45.6. The number of para-hydroxylation sites is 2. The van der Waals surface area contributed by atoms with E-state index in [4.69, 9.17) is 14.4 Å². The Morgan fingerprint density at radius 2 is 1.35 bits per heavy atom. The van der Waals surface area contributed by atoms with E-state index in [1.54, 1.807) is 4.40 Å². The Morgan fingerprint density at radius 1 is 0.683 bits per heavy atom. The molecule has 0 aliphatic rings. The Bertz CT molecular complexity index is 2920. The van der Waals surface area contributed by atoms with Crippen molar-refractivity contribution in [3.8, 4) is 50.6 Å². The molecule has 4 heterocycles. The number of fused-ring (bicyclic) bond motifs is 2. The molecular formula is C56H56GeIrN4O-2. The molecule has 5 aromatic carbocycles. The number of rotatable bonds is 10. The minimum atomic E-state index is -1.86. The van der Waals surface area contributed by atoms with Crippen molar-refractivity contribution in [2.75, 3.05) is 0 Å². The average Bonchev–Trinajstić information content (AvgIpc) is 3.87. The third-order valence-corrected chi connectivity index (χ3v) is 15.8. The van der Waals surface area contributed by atoms with E-state index in [2.05, 4.69) is 172 Å². The molecule has 0 N–H and O–H groups in total. The summed E-state index contributed by atoms with van der Waals surface area (Å²) in [6.45, 7) is 13.7. The van der Waals surface area contributed by atoms with Gasteiger partial charge in [0.25, 0.3) is 0 Å². The standard InChI is InChI=1S/C38H32N3O.C18H24GeN.Ir/c1-24(2)30-21-29(26-10-6-5-7-11-26)22-31(25(3)4)37(30)41-35-13-9-8-12-34(35)40-38(41)33-23-42-36-15-14-28(20-32(33)36)27-16-18-39-19-17-27;1-14(2)11-16-12-18(15-9-7-6-8-10-15)20-13-17(16)19(3,4)5;/h5-22,24-25H,1-4H3;6-9,12-14H,11H2,1-5H3;/q2*-1;. The average molecular weight is 1070 g/mol. The van der Waals surface area contributed by atoms with Gasteiger partial charge in [-0.25, -0.2) is 0 Å². The van der Waals surface area contributed by atoms with Crippen LogP contribution in [0.4, 0.5) is 0 Å². The number of benzene rings is 5. The normalized spacial score (nSPS) is 11.6. The summed E-state index contributed by atoms with van der Waals surface area (Å²) in [5, 5.41) is 0.985. The van der Waals surface area contributed by atoms with E-state index in [0.717, 1.165) is 62.2 Å². The Hall–Kier alpha value is -5.40. The molecule has 0 aliphatic carbocycles. The quantitative estimate of drug-likeness (QED) is 0.101. The maximum absolute atomic E-state index is 6.02. The predicted molar refractivity (Wildman–Crippen MR) is 262 cm³/mol. The fourth-order valence-corrected chi connectivity index (χ4v) is 11.7. The Balaban J connectivity index is 0.000000239. The zero-order valence-electron chi connectivity index (χ0n) is 37.8. The van der Waals surface area contributed by atoms with Gasteiger partial charge >= 0.3 is 126 Å². The van der Waals surface area contributed by atoms with Gasteiger partial charge in [-0.15, -0.1) is 0 Å². The molecule has 0 saturated carbocycles. The third-order valence-electron chi connectivity index (χ3n) is 11.5. The SMILES string of the molecule is CC(C)Cc1cc(-c2[c-]cccc2)nc[c]1[Ge]([CH3])([CH3])[CH3].CC(C)c1cc(-c2ccccc2)cc(C(C)C)c1-n1c(-c2[c-]oc3ccc(-c4ccncc4)cc23)nc2ccccc21.[Ir]. The summed E-state index contributed by atoms with van der Waals surface area (Å²) in [5.41, 5.74) is 15.7. The van der Waals surface area contributed by atoms with Crippen molar-refractivity contribution >= 4 is 39.7 Å². The largest absolute Gasteiger partial charge is 0.557 e. The van der Waals surface area contributed by atoms with E-state index in [1.165, 1.54) is 33.5 Å². The summed E-state index contributed by atoms with van der Waals surface area (Å²) in [5.74, 6) is 9.41. The Morgan fingerprint density at radius 3 is 2.00 bits per heavy atom. The minimum Gasteiger partial charge on any atom is -0.557 e. The van der Waals surface area contributed by atoms with Crippen LogP contribution in [0.3, 0.4) is 0 Å². The van der Waals surface area contributed by atoms with Gasteiger partial charge < -0.3 is 8.98 Å². The van der Waals surface area contributed by atoms with E-state index in [1.807, 2.05) is 54.9 Å². The van der Waals surface area contributed by atoms with Gasteiger partial charge in [0.15, 0.2) is 0 Å². The first-order valence-corrected chi connectivity index (χ1v) is 29.2. The number of furan rings is 1. The Labute approximate surface area is 389 Å². The predicted octanol–water partition coefficient (Wildman–Crippen LogP) is 14.5. The fourth-order valence-electron chi connectivity index (χ4n) is 8.38. The first-order chi connectivity index (χ1) is 29.9. The fraction of sp³-hybridized carbons (Fsp3) is 0.232. The number of hydrogen-bond acceptors (Lipinski definition) is 4. The zero-order chi connectivity index (χ0) is 43.5. The van der Waals surface area contributed by atoms with Crippen LogP contribution in [0, 0.1) is 18.2 Å². The molecule has 0 bridgehead atoms. The molecule has 9 rings (SSSR count). The maximum atomic E-state index is 6.02. The molecular weight excluding hydrogens is 1010 g/mol. The molecule has 0 aliphatic heterocycles. The number of hydrogen-bond donors (Lipinski definition) is 0. The van der Waals surface area contributed by atoms with E-state index in [-0.39, 0.29) is 20.1 Å². The summed E-state index contributed by atoms with van der Waals surface area (Å²) in [6.07, 6.45) is 10.2. The molecule has 1 radical (unpaired) electrons. The van der Waals surface area contributed by atoms with Gasteiger partial charge in [-0.3, -0.25) is 9.97 Å². The zero-order valence-corrected chi connectivity index (χ0v) is 42.3. The smallest absolute Gasteiger partial charge is 0.0774 e. The first-order valence-electron chi connectivity index (χ1n) is 21.9. The molecule has 0 amide bonds. The van der Waals surface area contributed by atoms with Crippen molar-refractivity contribution in [2.24, 2.45) is 5.92 Å². The molecule has 0 unspecified atom stereocenters. The molecule has 0 fully saturated rings. The number of nitrogens with zero attached hydrogens (tertiary/aromatic N) is 4. The molecule has 7 heteroatoms. The molecule has 321 valence electrons. The number of aromatic nitrogens is 4. The third kappa shape index (κ3) is 9.89. The van der Waals surface area contributed by atoms with Crippen LogP contribution in [0.25, 0.3) is 72.6 Å². The minimum absolute atomic E-state index is 0. The van der Waals surface area contributed by atoms with Crippen LogP contribution in [0.1, 0.15) is 70.1 Å². The summed E-state index contributed by atoms with van der Waals surface area (Å²) in [6, 6.07) is 47.7. The van der Waals surface area contributed by atoms with Gasteiger partial charge in [-0.1, -0.05) is 99.3 Å². The van der Waals surface area contributed by atoms with Crippen LogP contribution in [0.15, 0.2) is 150 Å². The second-order valence-electron chi connectivity index (χ2n) is 18.3. The second kappa shape index (κ2) is 19.6. The monoisotopic (exact) mass is 1070 g/mol. The van der Waals surface area contributed by atoms with Crippen LogP contribution in [-0.4, -0.2) is 32.8 Å². The summed E-state index contributed by atoms with van der Waals surface area (Å²) < 4.78 is 9.90. The van der Waals surface area contributed by atoms with Crippen LogP contribution in [0.2, 0.25) is 17.3 Å². The molecule has 0 saturated heterocycles. The number of imidazole rings is 1.